The average molecular weight is 472 g/mol. The fourth-order valence-corrected chi connectivity index (χ4v) is 3.68. The summed E-state index contributed by atoms with van der Waals surface area (Å²) in [7, 11) is 0. The second-order valence-corrected chi connectivity index (χ2v) is 7.78. The number of nitrogens with zero attached hydrogens (tertiary/aromatic N) is 3. The molecule has 11 heteroatoms. The van der Waals surface area contributed by atoms with Crippen molar-refractivity contribution in [2.45, 2.75) is 12.8 Å². The lowest BCUT2D eigenvalue weighted by Gasteiger charge is -2.09. The van der Waals surface area contributed by atoms with E-state index in [1.54, 1.807) is 29.6 Å². The number of thiophene rings is 1. The van der Waals surface area contributed by atoms with Crippen molar-refractivity contribution in [1.82, 2.24) is 14.8 Å². The van der Waals surface area contributed by atoms with Crippen molar-refractivity contribution >= 4 is 23.2 Å². The molecule has 0 aliphatic heterocycles. The smallest absolute Gasteiger partial charge is 0.416 e. The van der Waals surface area contributed by atoms with Gasteiger partial charge in [-0.25, -0.2) is 9.48 Å². The molecule has 0 saturated heterocycles. The number of alkyl halides is 3. The summed E-state index contributed by atoms with van der Waals surface area (Å²) >= 11 is 1.29. The third-order valence-electron chi connectivity index (χ3n) is 4.53. The van der Waals surface area contributed by atoms with E-state index < -0.39 is 23.6 Å². The molecule has 2 heterocycles. The summed E-state index contributed by atoms with van der Waals surface area (Å²) in [6, 6.07) is 14.3. The maximum absolute atomic E-state index is 13.2. The van der Waals surface area contributed by atoms with Gasteiger partial charge in [0.05, 0.1) is 16.1 Å². The van der Waals surface area contributed by atoms with Gasteiger partial charge in [0.15, 0.2) is 5.82 Å². The number of hydrogen-bond acceptors (Lipinski definition) is 6. The topological polar surface area (TPSA) is 100 Å². The van der Waals surface area contributed by atoms with E-state index in [9.17, 15) is 22.8 Å². The number of hydrogen-bond donors (Lipinski definition) is 1. The molecule has 0 aliphatic carbocycles. The maximum atomic E-state index is 13.2. The van der Waals surface area contributed by atoms with Gasteiger partial charge in [-0.3, -0.25) is 4.79 Å². The van der Waals surface area contributed by atoms with Gasteiger partial charge in [-0.05, 0) is 47.3 Å². The van der Waals surface area contributed by atoms with Gasteiger partial charge in [-0.2, -0.15) is 18.2 Å². The van der Waals surface area contributed by atoms with E-state index in [4.69, 9.17) is 10.5 Å². The number of rotatable bonds is 6. The van der Waals surface area contributed by atoms with E-state index in [-0.39, 0.29) is 29.5 Å². The van der Waals surface area contributed by atoms with Gasteiger partial charge in [0.2, 0.25) is 5.91 Å². The van der Waals surface area contributed by atoms with Gasteiger partial charge in [-0.1, -0.05) is 24.3 Å². The quantitative estimate of drug-likeness (QED) is 0.418. The van der Waals surface area contributed by atoms with Gasteiger partial charge in [0.1, 0.15) is 6.61 Å². The van der Waals surface area contributed by atoms with Gasteiger partial charge in [0, 0.05) is 5.56 Å². The van der Waals surface area contributed by atoms with Gasteiger partial charge in [-0.15, -0.1) is 16.4 Å². The third-order valence-corrected chi connectivity index (χ3v) is 5.40. The first-order valence-corrected chi connectivity index (χ1v) is 10.3. The lowest BCUT2D eigenvalue weighted by atomic mass is 10.1. The molecule has 0 aliphatic rings. The molecule has 1 amide bonds. The van der Waals surface area contributed by atoms with Crippen LogP contribution in [0.25, 0.3) is 16.4 Å². The lowest BCUT2D eigenvalue weighted by Crippen LogP contribution is -2.12. The molecule has 0 spiro atoms. The number of amides is 1. The third kappa shape index (κ3) is 4.93. The highest BCUT2D eigenvalue weighted by Gasteiger charge is 2.31. The largest absolute Gasteiger partial charge is 0.455 e. The summed E-state index contributed by atoms with van der Waals surface area (Å²) < 4.78 is 46.0. The van der Waals surface area contributed by atoms with Crippen molar-refractivity contribution in [2.75, 3.05) is 0 Å². The minimum Gasteiger partial charge on any atom is -0.455 e. The first-order valence-electron chi connectivity index (χ1n) is 9.47. The van der Waals surface area contributed by atoms with Crippen molar-refractivity contribution in [1.29, 1.82) is 0 Å². The van der Waals surface area contributed by atoms with Crippen LogP contribution < -0.4 is 5.73 Å². The summed E-state index contributed by atoms with van der Waals surface area (Å²) in [5.41, 5.74) is 5.27. The minimum absolute atomic E-state index is 0.0916. The zero-order valence-electron chi connectivity index (χ0n) is 16.7. The molecular weight excluding hydrogens is 457 g/mol. The number of primary amides is 1. The molecule has 0 saturated carbocycles. The number of aromatic nitrogens is 3. The van der Waals surface area contributed by atoms with Crippen LogP contribution in [0.2, 0.25) is 0 Å². The Morgan fingerprint density at radius 3 is 2.55 bits per heavy atom. The van der Waals surface area contributed by atoms with E-state index in [2.05, 4.69) is 10.1 Å². The van der Waals surface area contributed by atoms with Gasteiger partial charge >= 0.3 is 12.1 Å². The Morgan fingerprint density at radius 1 is 1.06 bits per heavy atom. The zero-order chi connectivity index (χ0) is 23.6. The fourth-order valence-electron chi connectivity index (χ4n) is 2.99. The van der Waals surface area contributed by atoms with E-state index in [0.717, 1.165) is 12.1 Å². The average Bonchev–Trinajstić information content (AvgIpc) is 3.47. The first-order chi connectivity index (χ1) is 15.7. The van der Waals surface area contributed by atoms with E-state index in [1.165, 1.54) is 40.3 Å². The predicted octanol–water partition coefficient (Wildman–Crippen LogP) is 4.47. The molecule has 168 valence electrons. The second-order valence-electron chi connectivity index (χ2n) is 6.84. The van der Waals surface area contributed by atoms with Crippen molar-refractivity contribution in [3.63, 3.8) is 0 Å². The Bertz CT molecular complexity index is 1320. The molecule has 0 unspecified atom stereocenters. The van der Waals surface area contributed by atoms with Crippen molar-refractivity contribution < 1.29 is 27.5 Å². The van der Waals surface area contributed by atoms with Crippen LogP contribution in [-0.2, 0) is 17.5 Å². The van der Waals surface area contributed by atoms with Crippen LogP contribution in [0.4, 0.5) is 13.2 Å². The van der Waals surface area contributed by atoms with Crippen LogP contribution in [0, 0.1) is 0 Å². The molecule has 4 rings (SSSR count). The number of carbonyl (C=O) groups excluding carboxylic acids is 2. The highest BCUT2D eigenvalue weighted by atomic mass is 32.1. The number of halogens is 3. The number of carbonyl (C=O) groups is 2. The van der Waals surface area contributed by atoms with Crippen LogP contribution in [0.15, 0.2) is 66.0 Å². The van der Waals surface area contributed by atoms with E-state index in [1.807, 2.05) is 0 Å². The monoisotopic (exact) mass is 472 g/mol. The van der Waals surface area contributed by atoms with Gasteiger partial charge in [0.25, 0.3) is 5.82 Å². The standard InChI is InChI=1S/C22H15F3N4O3S/c23-22(24,25)15-6-2-7-16(11-15)29-20(17-8-3-9-33-17)27-19(28-29)21(31)32-12-13-4-1-5-14(10-13)18(26)30/h1-11H,12H2,(H2,26,30). The maximum Gasteiger partial charge on any atom is 0.416 e. The molecule has 0 fully saturated rings. The van der Waals surface area contributed by atoms with Crippen LogP contribution in [0.5, 0.6) is 0 Å². The van der Waals surface area contributed by atoms with Crippen molar-refractivity contribution in [3.05, 3.63) is 88.6 Å². The molecule has 2 N–H and O–H groups in total. The Morgan fingerprint density at radius 2 is 1.85 bits per heavy atom. The summed E-state index contributed by atoms with van der Waals surface area (Å²) in [4.78, 5) is 28.7. The Hall–Kier alpha value is -3.99. The highest BCUT2D eigenvalue weighted by molar-refractivity contribution is 7.13. The molecule has 0 radical (unpaired) electrons. The normalized spacial score (nSPS) is 11.4. The first kappa shape index (κ1) is 22.2. The molecular formula is C22H15F3N4O3S. The van der Waals surface area contributed by atoms with Crippen LogP contribution in [0.3, 0.4) is 0 Å². The number of esters is 1. The molecule has 7 nitrogen and oxygen atoms in total. The summed E-state index contributed by atoms with van der Waals surface area (Å²) in [5, 5.41) is 5.88. The van der Waals surface area contributed by atoms with Crippen LogP contribution in [0.1, 0.15) is 32.1 Å². The lowest BCUT2D eigenvalue weighted by molar-refractivity contribution is -0.137. The second kappa shape index (κ2) is 8.87. The highest BCUT2D eigenvalue weighted by Crippen LogP contribution is 2.32. The van der Waals surface area contributed by atoms with Crippen molar-refractivity contribution in [2.24, 2.45) is 5.73 Å². The predicted molar refractivity (Wildman–Crippen MR) is 114 cm³/mol. The summed E-state index contributed by atoms with van der Waals surface area (Å²) in [6.07, 6.45) is -4.54. The number of benzene rings is 2. The van der Waals surface area contributed by atoms with E-state index in [0.29, 0.717) is 10.4 Å². The summed E-state index contributed by atoms with van der Waals surface area (Å²) in [5.74, 6) is -1.61. The Kier molecular flexibility index (Phi) is 5.97. The molecule has 0 atom stereocenters. The summed E-state index contributed by atoms with van der Waals surface area (Å²) in [6.45, 7) is -0.174. The zero-order valence-corrected chi connectivity index (χ0v) is 17.6. The Labute approximate surface area is 189 Å². The molecule has 4 aromatic rings. The molecule has 2 aromatic heterocycles. The minimum atomic E-state index is -4.54. The Balaban J connectivity index is 1.64. The van der Waals surface area contributed by atoms with Gasteiger partial charge < -0.3 is 10.5 Å². The van der Waals surface area contributed by atoms with Crippen LogP contribution in [-0.4, -0.2) is 26.6 Å². The molecule has 2 aromatic carbocycles. The fraction of sp³-hybridized carbons (Fsp3) is 0.0909. The van der Waals surface area contributed by atoms with Crippen LogP contribution >= 0.6 is 11.3 Å². The number of ether oxygens (including phenoxy) is 1. The molecule has 33 heavy (non-hydrogen) atoms. The van der Waals surface area contributed by atoms with E-state index >= 15 is 0 Å². The number of nitrogens with two attached hydrogens (primary N) is 1. The SMILES string of the molecule is NC(=O)c1cccc(COC(=O)c2nc(-c3cccs3)n(-c3cccc(C(F)(F)F)c3)n2)c1. The molecule has 0 bridgehead atoms. The van der Waals surface area contributed by atoms with Crippen molar-refractivity contribution in [3.8, 4) is 16.4 Å².